The zero-order valence-corrected chi connectivity index (χ0v) is 15.2. The number of carboxylic acid groups (broad SMARTS) is 1. The number of hydrogen-bond donors (Lipinski definition) is 1. The maximum atomic E-state index is 11.6. The van der Waals surface area contributed by atoms with Crippen molar-refractivity contribution in [2.45, 2.75) is 58.4 Å². The summed E-state index contributed by atoms with van der Waals surface area (Å²) in [6, 6.07) is 9.69. The summed E-state index contributed by atoms with van der Waals surface area (Å²) < 4.78 is 6.56. The lowest BCUT2D eigenvalue weighted by atomic mass is 9.84. The van der Waals surface area contributed by atoms with E-state index in [-0.39, 0.29) is 5.04 Å². The summed E-state index contributed by atoms with van der Waals surface area (Å²) in [7, 11) is -2.10. The van der Waals surface area contributed by atoms with Gasteiger partial charge < -0.3 is 9.53 Å². The maximum absolute atomic E-state index is 11.6. The van der Waals surface area contributed by atoms with Crippen molar-refractivity contribution in [2.24, 2.45) is 5.92 Å². The average molecular weight is 308 g/mol. The Kier molecular flexibility index (Phi) is 5.06. The molecule has 0 amide bonds. The first-order valence-corrected chi connectivity index (χ1v) is 10.3. The van der Waals surface area contributed by atoms with E-state index in [1.807, 2.05) is 37.3 Å². The van der Waals surface area contributed by atoms with Crippen molar-refractivity contribution in [2.75, 3.05) is 0 Å². The molecule has 0 radical (unpaired) electrons. The predicted octanol–water partition coefficient (Wildman–Crippen LogP) is 4.64. The SMILES string of the molecule is C[C@H](C(=O)O)[C@@](C)(O[Si](C)(C)C(C)(C)C)c1ccccc1. The van der Waals surface area contributed by atoms with Gasteiger partial charge in [-0.1, -0.05) is 51.1 Å². The van der Waals surface area contributed by atoms with Crippen LogP contribution in [-0.2, 0) is 14.8 Å². The molecule has 2 atom stereocenters. The predicted molar refractivity (Wildman–Crippen MR) is 88.9 cm³/mol. The molecule has 0 saturated heterocycles. The van der Waals surface area contributed by atoms with E-state index in [0.717, 1.165) is 5.56 Å². The van der Waals surface area contributed by atoms with Crippen molar-refractivity contribution in [3.63, 3.8) is 0 Å². The molecule has 0 aromatic heterocycles. The van der Waals surface area contributed by atoms with Gasteiger partial charge in [0, 0.05) is 0 Å². The summed E-state index contributed by atoms with van der Waals surface area (Å²) >= 11 is 0. The molecular weight excluding hydrogens is 280 g/mol. The third-order valence-electron chi connectivity index (χ3n) is 4.82. The van der Waals surface area contributed by atoms with Crippen LogP contribution in [0.15, 0.2) is 30.3 Å². The summed E-state index contributed by atoms with van der Waals surface area (Å²) in [5, 5.41) is 9.54. The molecule has 0 aliphatic rings. The van der Waals surface area contributed by atoms with E-state index in [9.17, 15) is 9.90 Å². The highest BCUT2D eigenvalue weighted by Gasteiger charge is 2.47. The largest absolute Gasteiger partial charge is 0.481 e. The normalized spacial score (nSPS) is 17.1. The molecule has 0 saturated carbocycles. The van der Waals surface area contributed by atoms with Crippen LogP contribution in [0.3, 0.4) is 0 Å². The summed E-state index contributed by atoms with van der Waals surface area (Å²) in [5.74, 6) is -1.45. The monoisotopic (exact) mass is 308 g/mol. The van der Waals surface area contributed by atoms with Gasteiger partial charge in [-0.15, -0.1) is 0 Å². The van der Waals surface area contributed by atoms with Gasteiger partial charge in [0.25, 0.3) is 0 Å². The first kappa shape index (κ1) is 17.9. The van der Waals surface area contributed by atoms with Crippen LogP contribution >= 0.6 is 0 Å². The van der Waals surface area contributed by atoms with Gasteiger partial charge in [-0.25, -0.2) is 0 Å². The lowest BCUT2D eigenvalue weighted by Gasteiger charge is -2.46. The van der Waals surface area contributed by atoms with E-state index in [1.165, 1.54) is 0 Å². The van der Waals surface area contributed by atoms with Crippen LogP contribution in [0.4, 0.5) is 0 Å². The molecule has 118 valence electrons. The Morgan fingerprint density at radius 3 is 2.00 bits per heavy atom. The third-order valence-corrected chi connectivity index (χ3v) is 9.36. The first-order chi connectivity index (χ1) is 9.42. The molecule has 3 nitrogen and oxygen atoms in total. The quantitative estimate of drug-likeness (QED) is 0.806. The minimum Gasteiger partial charge on any atom is -0.481 e. The fourth-order valence-electron chi connectivity index (χ4n) is 2.09. The van der Waals surface area contributed by atoms with Crippen LogP contribution in [0.25, 0.3) is 0 Å². The van der Waals surface area contributed by atoms with Crippen molar-refractivity contribution in [3.8, 4) is 0 Å². The zero-order chi connectivity index (χ0) is 16.5. The molecule has 21 heavy (non-hydrogen) atoms. The van der Waals surface area contributed by atoms with Crippen molar-refractivity contribution >= 4 is 14.3 Å². The second-order valence-electron chi connectivity index (χ2n) is 7.40. The van der Waals surface area contributed by atoms with E-state index in [2.05, 4.69) is 33.9 Å². The highest BCUT2D eigenvalue weighted by Crippen LogP contribution is 2.44. The van der Waals surface area contributed by atoms with Crippen LogP contribution < -0.4 is 0 Å². The molecule has 1 aromatic rings. The van der Waals surface area contributed by atoms with Gasteiger partial charge in [-0.2, -0.15) is 0 Å². The van der Waals surface area contributed by atoms with E-state index >= 15 is 0 Å². The van der Waals surface area contributed by atoms with Gasteiger partial charge in [0.2, 0.25) is 0 Å². The van der Waals surface area contributed by atoms with Gasteiger partial charge in [0.1, 0.15) is 0 Å². The second kappa shape index (κ2) is 5.93. The maximum Gasteiger partial charge on any atom is 0.309 e. The molecule has 1 aromatic carbocycles. The van der Waals surface area contributed by atoms with Crippen LogP contribution in [0.1, 0.15) is 40.2 Å². The van der Waals surface area contributed by atoms with E-state index in [1.54, 1.807) is 6.92 Å². The van der Waals surface area contributed by atoms with E-state index in [4.69, 9.17) is 4.43 Å². The molecule has 0 spiro atoms. The van der Waals surface area contributed by atoms with Gasteiger partial charge in [0.15, 0.2) is 8.32 Å². The van der Waals surface area contributed by atoms with Gasteiger partial charge in [-0.3, -0.25) is 4.79 Å². The second-order valence-corrected chi connectivity index (χ2v) is 12.1. The third kappa shape index (κ3) is 3.74. The minimum atomic E-state index is -2.10. The van der Waals surface area contributed by atoms with Crippen molar-refractivity contribution in [1.82, 2.24) is 0 Å². The Bertz CT molecular complexity index is 491. The lowest BCUT2D eigenvalue weighted by molar-refractivity contribution is -0.149. The van der Waals surface area contributed by atoms with Gasteiger partial charge >= 0.3 is 5.97 Å². The highest BCUT2D eigenvalue weighted by molar-refractivity contribution is 6.74. The highest BCUT2D eigenvalue weighted by atomic mass is 28.4. The summed E-state index contributed by atoms with van der Waals surface area (Å²) in [6.07, 6.45) is 0. The molecular formula is C17H28O3Si. The fraction of sp³-hybridized carbons (Fsp3) is 0.588. The molecule has 0 aliphatic heterocycles. The fourth-order valence-corrected chi connectivity index (χ4v) is 3.75. The molecule has 1 rings (SSSR count). The van der Waals surface area contributed by atoms with Crippen LogP contribution in [0.2, 0.25) is 18.1 Å². The molecule has 0 bridgehead atoms. The average Bonchev–Trinajstić information content (AvgIpc) is 2.36. The zero-order valence-electron chi connectivity index (χ0n) is 14.2. The molecule has 0 fully saturated rings. The Morgan fingerprint density at radius 1 is 1.14 bits per heavy atom. The molecule has 0 unspecified atom stereocenters. The Hall–Kier alpha value is -1.13. The smallest absolute Gasteiger partial charge is 0.309 e. The van der Waals surface area contributed by atoms with Crippen molar-refractivity contribution in [3.05, 3.63) is 35.9 Å². The Morgan fingerprint density at radius 2 is 1.62 bits per heavy atom. The first-order valence-electron chi connectivity index (χ1n) is 7.40. The van der Waals surface area contributed by atoms with Crippen molar-refractivity contribution in [1.29, 1.82) is 0 Å². The molecule has 0 heterocycles. The lowest BCUT2D eigenvalue weighted by Crippen LogP contribution is -2.51. The number of hydrogen-bond acceptors (Lipinski definition) is 2. The summed E-state index contributed by atoms with van der Waals surface area (Å²) in [4.78, 5) is 11.6. The van der Waals surface area contributed by atoms with Gasteiger partial charge in [0.05, 0.1) is 11.5 Å². The van der Waals surface area contributed by atoms with Crippen molar-refractivity contribution < 1.29 is 14.3 Å². The Labute approximate surface area is 129 Å². The summed E-state index contributed by atoms with van der Waals surface area (Å²) in [5.41, 5.74) is 0.0977. The van der Waals surface area contributed by atoms with Crippen LogP contribution in [0, 0.1) is 5.92 Å². The topological polar surface area (TPSA) is 46.5 Å². The number of benzene rings is 1. The minimum absolute atomic E-state index is 0.0290. The van der Waals surface area contributed by atoms with Crippen LogP contribution in [0.5, 0.6) is 0 Å². The molecule has 0 aliphatic carbocycles. The number of rotatable bonds is 5. The van der Waals surface area contributed by atoms with Crippen LogP contribution in [-0.4, -0.2) is 19.4 Å². The Balaban J connectivity index is 3.31. The standard InChI is InChI=1S/C17H28O3Si/c1-13(15(18)19)17(5,14-11-9-8-10-12-14)20-21(6,7)16(2,3)4/h8-13H,1-7H3,(H,18,19)/t13-,17-/m1/s1. The molecule has 1 N–H and O–H groups in total. The summed E-state index contributed by atoms with van der Waals surface area (Å²) in [6.45, 7) is 14.4. The van der Waals surface area contributed by atoms with E-state index < -0.39 is 25.8 Å². The number of carboxylic acids is 1. The number of carbonyl (C=O) groups is 1. The number of aliphatic carboxylic acids is 1. The van der Waals surface area contributed by atoms with E-state index in [0.29, 0.717) is 0 Å². The van der Waals surface area contributed by atoms with Gasteiger partial charge in [-0.05, 0) is 37.5 Å². The molecule has 4 heteroatoms.